The van der Waals surface area contributed by atoms with Gasteiger partial charge in [0.15, 0.2) is 0 Å². The van der Waals surface area contributed by atoms with Gasteiger partial charge in [-0.05, 0) is 31.0 Å². The van der Waals surface area contributed by atoms with Crippen molar-refractivity contribution in [3.05, 3.63) is 29.8 Å². The monoisotopic (exact) mass is 188 g/mol. The summed E-state index contributed by atoms with van der Waals surface area (Å²) in [6, 6.07) is 8.77. The molecule has 2 aliphatic rings. The second-order valence-corrected chi connectivity index (χ2v) is 4.43. The third-order valence-electron chi connectivity index (χ3n) is 3.66. The van der Waals surface area contributed by atoms with Gasteiger partial charge in [-0.25, -0.2) is 0 Å². The van der Waals surface area contributed by atoms with E-state index in [1.807, 2.05) is 0 Å². The van der Waals surface area contributed by atoms with Crippen LogP contribution in [0.4, 0.5) is 5.69 Å². The fourth-order valence-electron chi connectivity index (χ4n) is 2.86. The van der Waals surface area contributed by atoms with Crippen molar-refractivity contribution in [2.24, 2.45) is 0 Å². The minimum Gasteiger partial charge on any atom is -0.385 e. The normalized spacial score (nSPS) is 30.0. The summed E-state index contributed by atoms with van der Waals surface area (Å²) < 4.78 is 0. The Morgan fingerprint density at radius 1 is 1.07 bits per heavy atom. The number of hydrogen-bond acceptors (Lipinski definition) is 2. The molecular formula is C12H16N2. The quantitative estimate of drug-likeness (QED) is 0.648. The van der Waals surface area contributed by atoms with Gasteiger partial charge in [0.1, 0.15) is 0 Å². The Morgan fingerprint density at radius 2 is 1.93 bits per heavy atom. The second-order valence-electron chi connectivity index (χ2n) is 4.43. The van der Waals surface area contributed by atoms with Crippen LogP contribution in [-0.2, 0) is 5.41 Å². The Labute approximate surface area is 84.7 Å². The van der Waals surface area contributed by atoms with Crippen LogP contribution >= 0.6 is 0 Å². The first-order valence-corrected chi connectivity index (χ1v) is 5.45. The summed E-state index contributed by atoms with van der Waals surface area (Å²) in [4.78, 5) is 0. The summed E-state index contributed by atoms with van der Waals surface area (Å²) in [5, 5.41) is 6.98. The Hall–Kier alpha value is -1.02. The molecule has 1 aromatic carbocycles. The van der Waals surface area contributed by atoms with Gasteiger partial charge in [0.2, 0.25) is 0 Å². The van der Waals surface area contributed by atoms with E-state index in [0.717, 1.165) is 13.1 Å². The smallest absolute Gasteiger partial charge is 0.0378 e. The van der Waals surface area contributed by atoms with Gasteiger partial charge in [-0.1, -0.05) is 18.2 Å². The molecule has 0 bridgehead atoms. The van der Waals surface area contributed by atoms with E-state index in [1.54, 1.807) is 0 Å². The Bertz CT molecular complexity index is 340. The zero-order chi connectivity index (χ0) is 9.43. The highest BCUT2D eigenvalue weighted by molar-refractivity contribution is 5.57. The maximum atomic E-state index is 3.50. The average molecular weight is 188 g/mol. The molecule has 0 aliphatic carbocycles. The maximum Gasteiger partial charge on any atom is 0.0378 e. The van der Waals surface area contributed by atoms with Crippen LogP contribution in [0.25, 0.3) is 0 Å². The van der Waals surface area contributed by atoms with Crippen LogP contribution in [-0.4, -0.2) is 19.6 Å². The molecule has 1 saturated heterocycles. The predicted molar refractivity (Wildman–Crippen MR) is 58.7 cm³/mol. The Kier molecular flexibility index (Phi) is 1.77. The van der Waals surface area contributed by atoms with Gasteiger partial charge >= 0.3 is 0 Å². The Balaban J connectivity index is 2.10. The highest BCUT2D eigenvalue weighted by atomic mass is 15.0. The van der Waals surface area contributed by atoms with Crippen LogP contribution in [0.3, 0.4) is 0 Å². The summed E-state index contributed by atoms with van der Waals surface area (Å²) in [7, 11) is 0. The lowest BCUT2D eigenvalue weighted by molar-refractivity contribution is 0.434. The topological polar surface area (TPSA) is 24.1 Å². The molecule has 1 aromatic rings. The standard InChI is InChI=1S/C12H16N2/c1-2-4-11-10(3-1)12(6-8-14-11)5-7-13-9-12/h1-4,13-14H,5-9H2. The molecule has 0 saturated carbocycles. The largest absolute Gasteiger partial charge is 0.385 e. The number of rotatable bonds is 0. The van der Waals surface area contributed by atoms with E-state index in [9.17, 15) is 0 Å². The van der Waals surface area contributed by atoms with Crippen molar-refractivity contribution >= 4 is 5.69 Å². The minimum absolute atomic E-state index is 0.432. The van der Waals surface area contributed by atoms with Crippen LogP contribution in [0.1, 0.15) is 18.4 Å². The summed E-state index contributed by atoms with van der Waals surface area (Å²) >= 11 is 0. The third-order valence-corrected chi connectivity index (χ3v) is 3.66. The van der Waals surface area contributed by atoms with Gasteiger partial charge in [-0.15, -0.1) is 0 Å². The molecule has 3 rings (SSSR count). The highest BCUT2D eigenvalue weighted by Crippen LogP contribution is 2.40. The van der Waals surface area contributed by atoms with Crippen molar-refractivity contribution in [1.29, 1.82) is 0 Å². The maximum absolute atomic E-state index is 3.50. The lowest BCUT2D eigenvalue weighted by Crippen LogP contribution is -2.35. The fraction of sp³-hybridized carbons (Fsp3) is 0.500. The van der Waals surface area contributed by atoms with Gasteiger partial charge in [0.05, 0.1) is 0 Å². The molecular weight excluding hydrogens is 172 g/mol. The lowest BCUT2D eigenvalue weighted by Gasteiger charge is -2.35. The molecule has 1 unspecified atom stereocenters. The van der Waals surface area contributed by atoms with E-state index in [4.69, 9.17) is 0 Å². The average Bonchev–Trinajstić information content (AvgIpc) is 2.68. The van der Waals surface area contributed by atoms with E-state index < -0.39 is 0 Å². The molecule has 14 heavy (non-hydrogen) atoms. The molecule has 0 aromatic heterocycles. The molecule has 1 spiro atoms. The zero-order valence-corrected chi connectivity index (χ0v) is 8.34. The number of fused-ring (bicyclic) bond motifs is 2. The van der Waals surface area contributed by atoms with Crippen molar-refractivity contribution in [2.45, 2.75) is 18.3 Å². The number of hydrogen-bond donors (Lipinski definition) is 2. The van der Waals surface area contributed by atoms with Gasteiger partial charge in [-0.2, -0.15) is 0 Å². The first kappa shape index (κ1) is 8.30. The molecule has 2 heterocycles. The number of nitrogens with one attached hydrogen (secondary N) is 2. The van der Waals surface area contributed by atoms with Crippen LogP contribution < -0.4 is 10.6 Å². The van der Waals surface area contributed by atoms with E-state index in [2.05, 4.69) is 34.9 Å². The fourth-order valence-corrected chi connectivity index (χ4v) is 2.86. The van der Waals surface area contributed by atoms with Crippen molar-refractivity contribution in [1.82, 2.24) is 5.32 Å². The molecule has 0 radical (unpaired) electrons. The van der Waals surface area contributed by atoms with Crippen LogP contribution in [0, 0.1) is 0 Å². The van der Waals surface area contributed by atoms with Crippen LogP contribution in [0.5, 0.6) is 0 Å². The number of para-hydroxylation sites is 1. The predicted octanol–water partition coefficient (Wildman–Crippen LogP) is 1.73. The van der Waals surface area contributed by atoms with Crippen molar-refractivity contribution in [3.63, 3.8) is 0 Å². The van der Waals surface area contributed by atoms with Gasteiger partial charge < -0.3 is 10.6 Å². The summed E-state index contributed by atoms with van der Waals surface area (Å²) in [6.07, 6.45) is 2.57. The lowest BCUT2D eigenvalue weighted by atomic mass is 9.74. The van der Waals surface area contributed by atoms with Gasteiger partial charge in [0, 0.05) is 24.2 Å². The molecule has 2 N–H and O–H groups in total. The van der Waals surface area contributed by atoms with Crippen LogP contribution in [0.15, 0.2) is 24.3 Å². The molecule has 2 heteroatoms. The molecule has 2 aliphatic heterocycles. The van der Waals surface area contributed by atoms with Crippen molar-refractivity contribution in [2.75, 3.05) is 25.0 Å². The third kappa shape index (κ3) is 1.07. The zero-order valence-electron chi connectivity index (χ0n) is 8.34. The Morgan fingerprint density at radius 3 is 2.79 bits per heavy atom. The van der Waals surface area contributed by atoms with Crippen molar-refractivity contribution < 1.29 is 0 Å². The van der Waals surface area contributed by atoms with E-state index in [-0.39, 0.29) is 0 Å². The van der Waals surface area contributed by atoms with E-state index >= 15 is 0 Å². The first-order chi connectivity index (χ1) is 6.91. The summed E-state index contributed by atoms with van der Waals surface area (Å²) in [6.45, 7) is 3.46. The SMILES string of the molecule is c1ccc2c(c1)NCCC21CCNC1. The number of anilines is 1. The summed E-state index contributed by atoms with van der Waals surface area (Å²) in [5.41, 5.74) is 3.31. The van der Waals surface area contributed by atoms with Gasteiger partial charge in [0.25, 0.3) is 0 Å². The minimum atomic E-state index is 0.432. The second kappa shape index (κ2) is 2.99. The molecule has 2 nitrogen and oxygen atoms in total. The van der Waals surface area contributed by atoms with E-state index in [1.165, 1.54) is 30.6 Å². The number of benzene rings is 1. The molecule has 1 fully saturated rings. The van der Waals surface area contributed by atoms with Crippen LogP contribution in [0.2, 0.25) is 0 Å². The first-order valence-electron chi connectivity index (χ1n) is 5.45. The highest BCUT2D eigenvalue weighted by Gasteiger charge is 2.38. The molecule has 0 amide bonds. The van der Waals surface area contributed by atoms with Gasteiger partial charge in [-0.3, -0.25) is 0 Å². The molecule has 74 valence electrons. The van der Waals surface area contributed by atoms with E-state index in [0.29, 0.717) is 5.41 Å². The summed E-state index contributed by atoms with van der Waals surface area (Å²) in [5.74, 6) is 0. The molecule has 1 atom stereocenters. The van der Waals surface area contributed by atoms with Crippen molar-refractivity contribution in [3.8, 4) is 0 Å².